The quantitative estimate of drug-likeness (QED) is 0.198. The zero-order valence-electron chi connectivity index (χ0n) is 16.3. The maximum absolute atomic E-state index is 2.48. The van der Waals surface area contributed by atoms with Gasteiger partial charge < -0.3 is 0 Å². The van der Waals surface area contributed by atoms with Crippen LogP contribution in [0.3, 0.4) is 0 Å². The molecule has 0 nitrogen and oxygen atoms in total. The summed E-state index contributed by atoms with van der Waals surface area (Å²) in [5.74, 6) is 0. The minimum Gasteiger partial charge on any atom is -0.0880 e. The second kappa shape index (κ2) is 15.6. The molecule has 0 heteroatoms. The van der Waals surface area contributed by atoms with Crippen LogP contribution in [0.15, 0.2) is 12.2 Å². The highest BCUT2D eigenvalue weighted by Crippen LogP contribution is 2.26. The van der Waals surface area contributed by atoms with Crippen molar-refractivity contribution in [3.05, 3.63) is 12.2 Å². The van der Waals surface area contributed by atoms with Gasteiger partial charge in [-0.3, -0.25) is 0 Å². The molecule has 0 bridgehead atoms. The summed E-state index contributed by atoms with van der Waals surface area (Å²) in [4.78, 5) is 0. The van der Waals surface area contributed by atoms with Crippen molar-refractivity contribution in [2.75, 3.05) is 0 Å². The molecule has 0 unspecified atom stereocenters. The van der Waals surface area contributed by atoms with Crippen LogP contribution in [0.5, 0.6) is 0 Å². The van der Waals surface area contributed by atoms with Crippen LogP contribution >= 0.6 is 0 Å². The van der Waals surface area contributed by atoms with Crippen LogP contribution in [0, 0.1) is 5.41 Å². The van der Waals surface area contributed by atoms with Crippen LogP contribution < -0.4 is 0 Å². The van der Waals surface area contributed by atoms with Gasteiger partial charge in [-0.25, -0.2) is 0 Å². The van der Waals surface area contributed by atoms with Crippen LogP contribution in [0.25, 0.3) is 0 Å². The highest BCUT2D eigenvalue weighted by molar-refractivity contribution is 4.94. The fourth-order valence-corrected chi connectivity index (χ4v) is 3.07. The summed E-state index contributed by atoms with van der Waals surface area (Å²) in [5, 5.41) is 0. The van der Waals surface area contributed by atoms with Crippen LogP contribution in [-0.2, 0) is 0 Å². The Hall–Kier alpha value is -0.260. The van der Waals surface area contributed by atoms with Gasteiger partial charge in [0.1, 0.15) is 0 Å². The molecule has 0 aromatic rings. The lowest BCUT2D eigenvalue weighted by molar-refractivity contribution is 0.406. The highest BCUT2D eigenvalue weighted by atomic mass is 14.2. The van der Waals surface area contributed by atoms with E-state index in [1.807, 2.05) is 0 Å². The Morgan fingerprint density at radius 3 is 1.59 bits per heavy atom. The average Bonchev–Trinajstić information content (AvgIpc) is 2.49. The molecule has 0 fully saturated rings. The number of unbranched alkanes of at least 4 members (excludes halogenated alkanes) is 12. The van der Waals surface area contributed by atoms with Crippen molar-refractivity contribution >= 4 is 0 Å². The molecule has 0 spiro atoms. The van der Waals surface area contributed by atoms with E-state index in [4.69, 9.17) is 0 Å². The molecule has 0 N–H and O–H groups in total. The number of hydrogen-bond acceptors (Lipinski definition) is 0. The Labute approximate surface area is 142 Å². The first-order chi connectivity index (χ1) is 10.6. The summed E-state index contributed by atoms with van der Waals surface area (Å²) in [5.41, 5.74) is 0.408. The summed E-state index contributed by atoms with van der Waals surface area (Å²) in [6.45, 7) is 9.39. The predicted octanol–water partition coefficient (Wildman–Crippen LogP) is 8.46. The van der Waals surface area contributed by atoms with E-state index in [1.54, 1.807) is 0 Å². The first kappa shape index (κ1) is 21.7. The second-order valence-corrected chi connectivity index (χ2v) is 7.82. The molecule has 0 heterocycles. The topological polar surface area (TPSA) is 0 Å². The van der Waals surface area contributed by atoms with Gasteiger partial charge in [-0.05, 0) is 24.7 Å². The van der Waals surface area contributed by atoms with Crippen molar-refractivity contribution in [3.63, 3.8) is 0 Å². The van der Waals surface area contributed by atoms with Crippen molar-refractivity contribution in [1.82, 2.24) is 0 Å². The summed E-state index contributed by atoms with van der Waals surface area (Å²) in [7, 11) is 0. The maximum atomic E-state index is 2.48. The molecular formula is C22H44. The van der Waals surface area contributed by atoms with E-state index in [1.165, 1.54) is 96.3 Å². The lowest BCUT2D eigenvalue weighted by Crippen LogP contribution is -2.06. The first-order valence-corrected chi connectivity index (χ1v) is 10.3. The van der Waals surface area contributed by atoms with Crippen molar-refractivity contribution < 1.29 is 0 Å². The van der Waals surface area contributed by atoms with Gasteiger partial charge in [0.15, 0.2) is 0 Å². The molecule has 0 saturated carbocycles. The zero-order valence-corrected chi connectivity index (χ0v) is 16.3. The highest BCUT2D eigenvalue weighted by Gasteiger charge is 2.12. The Balaban J connectivity index is 3.48. The minimum atomic E-state index is 0.408. The Morgan fingerprint density at radius 2 is 1.05 bits per heavy atom. The number of hydrogen-bond donors (Lipinski definition) is 0. The minimum absolute atomic E-state index is 0.408. The molecule has 0 saturated heterocycles. The van der Waals surface area contributed by atoms with E-state index in [0.29, 0.717) is 5.41 Å². The maximum Gasteiger partial charge on any atom is -0.0175 e. The van der Waals surface area contributed by atoms with Crippen molar-refractivity contribution in [1.29, 1.82) is 0 Å². The monoisotopic (exact) mass is 308 g/mol. The van der Waals surface area contributed by atoms with Gasteiger partial charge in [-0.2, -0.15) is 0 Å². The SMILES string of the molecule is CCCCCCCCC=CC(C)(C)CCCCCCCCC. The van der Waals surface area contributed by atoms with Gasteiger partial charge >= 0.3 is 0 Å². The van der Waals surface area contributed by atoms with Gasteiger partial charge in [0, 0.05) is 0 Å². The van der Waals surface area contributed by atoms with Crippen LogP contribution in [0.1, 0.15) is 124 Å². The molecule has 0 amide bonds. The standard InChI is InChI=1S/C22H44/c1-5-7-9-11-13-15-17-19-21-22(3,4)20-18-16-14-12-10-8-6-2/h19,21H,5-18,20H2,1-4H3. The molecule has 0 aliphatic rings. The van der Waals surface area contributed by atoms with E-state index in [-0.39, 0.29) is 0 Å². The van der Waals surface area contributed by atoms with E-state index in [0.717, 1.165) is 0 Å². The lowest BCUT2D eigenvalue weighted by atomic mass is 9.86. The third-order valence-corrected chi connectivity index (χ3v) is 4.72. The number of rotatable bonds is 16. The van der Waals surface area contributed by atoms with Crippen molar-refractivity contribution in [2.24, 2.45) is 5.41 Å². The zero-order chi connectivity index (χ0) is 16.5. The van der Waals surface area contributed by atoms with E-state index in [2.05, 4.69) is 39.8 Å². The van der Waals surface area contributed by atoms with E-state index < -0.39 is 0 Å². The third-order valence-electron chi connectivity index (χ3n) is 4.72. The lowest BCUT2D eigenvalue weighted by Gasteiger charge is -2.20. The molecule has 0 aliphatic heterocycles. The summed E-state index contributed by atoms with van der Waals surface area (Å²) in [6, 6.07) is 0. The second-order valence-electron chi connectivity index (χ2n) is 7.82. The predicted molar refractivity (Wildman–Crippen MR) is 104 cm³/mol. The van der Waals surface area contributed by atoms with Crippen LogP contribution in [-0.4, -0.2) is 0 Å². The van der Waals surface area contributed by atoms with Crippen LogP contribution in [0.4, 0.5) is 0 Å². The molecule has 0 aliphatic carbocycles. The fraction of sp³-hybridized carbons (Fsp3) is 0.909. The molecule has 0 aromatic heterocycles. The van der Waals surface area contributed by atoms with Gasteiger partial charge in [-0.1, -0.05) is 117 Å². The average molecular weight is 309 g/mol. The normalized spacial score (nSPS) is 12.4. The molecule has 0 radical (unpaired) electrons. The van der Waals surface area contributed by atoms with Crippen LogP contribution in [0.2, 0.25) is 0 Å². The number of allylic oxidation sites excluding steroid dienone is 2. The molecule has 132 valence electrons. The molecule has 0 atom stereocenters. The van der Waals surface area contributed by atoms with Gasteiger partial charge in [0.2, 0.25) is 0 Å². The fourth-order valence-electron chi connectivity index (χ4n) is 3.07. The van der Waals surface area contributed by atoms with E-state index >= 15 is 0 Å². The molecule has 22 heavy (non-hydrogen) atoms. The van der Waals surface area contributed by atoms with Gasteiger partial charge in [-0.15, -0.1) is 0 Å². The third kappa shape index (κ3) is 16.1. The Morgan fingerprint density at radius 1 is 0.591 bits per heavy atom. The van der Waals surface area contributed by atoms with E-state index in [9.17, 15) is 0 Å². The molecule has 0 rings (SSSR count). The first-order valence-electron chi connectivity index (χ1n) is 10.3. The Bertz CT molecular complexity index is 236. The van der Waals surface area contributed by atoms with Crippen molar-refractivity contribution in [2.45, 2.75) is 124 Å². The molecular weight excluding hydrogens is 264 g/mol. The summed E-state index contributed by atoms with van der Waals surface area (Å²) < 4.78 is 0. The van der Waals surface area contributed by atoms with Crippen molar-refractivity contribution in [3.8, 4) is 0 Å². The Kier molecular flexibility index (Phi) is 15.4. The smallest absolute Gasteiger partial charge is 0.0175 e. The molecule has 0 aromatic carbocycles. The summed E-state index contributed by atoms with van der Waals surface area (Å²) >= 11 is 0. The van der Waals surface area contributed by atoms with Gasteiger partial charge in [0.05, 0.1) is 0 Å². The van der Waals surface area contributed by atoms with Gasteiger partial charge in [0.25, 0.3) is 0 Å². The summed E-state index contributed by atoms with van der Waals surface area (Å²) in [6.07, 6.45) is 26.0. The largest absolute Gasteiger partial charge is 0.0880 e.